The summed E-state index contributed by atoms with van der Waals surface area (Å²) in [5.74, 6) is 0. The third-order valence-electron chi connectivity index (χ3n) is 2.44. The highest BCUT2D eigenvalue weighted by Gasteiger charge is 2.07. The van der Waals surface area contributed by atoms with Crippen molar-refractivity contribution in [1.29, 1.82) is 0 Å². The minimum absolute atomic E-state index is 0.160. The maximum absolute atomic E-state index is 6.11. The van der Waals surface area contributed by atoms with Crippen molar-refractivity contribution >= 4 is 11.3 Å². The van der Waals surface area contributed by atoms with Gasteiger partial charge in [-0.25, -0.2) is 4.98 Å². The molecule has 0 radical (unpaired) electrons. The van der Waals surface area contributed by atoms with Gasteiger partial charge >= 0.3 is 0 Å². The van der Waals surface area contributed by atoms with E-state index in [1.807, 2.05) is 13.0 Å². The zero-order valence-electron chi connectivity index (χ0n) is 9.39. The van der Waals surface area contributed by atoms with Gasteiger partial charge in [0.15, 0.2) is 0 Å². The van der Waals surface area contributed by atoms with Crippen LogP contribution in [0.5, 0.6) is 0 Å². The lowest BCUT2D eigenvalue weighted by atomic mass is 10.0. The number of rotatable bonds is 4. The molecule has 0 aliphatic rings. The molecule has 0 aliphatic heterocycles. The van der Waals surface area contributed by atoms with Crippen LogP contribution >= 0.6 is 11.3 Å². The second kappa shape index (κ2) is 5.23. The number of aromatic nitrogens is 1. The van der Waals surface area contributed by atoms with Gasteiger partial charge in [-0.3, -0.25) is 0 Å². The summed E-state index contributed by atoms with van der Waals surface area (Å²) in [5.41, 5.74) is 8.50. The molecule has 0 spiro atoms. The number of benzene rings is 1. The molecule has 84 valence electrons. The molecular formula is C13H16N2S. The van der Waals surface area contributed by atoms with Crippen LogP contribution in [0.1, 0.15) is 16.3 Å². The summed E-state index contributed by atoms with van der Waals surface area (Å²) in [6, 6.07) is 10.5. The number of nitrogens with two attached hydrogens (primary N) is 1. The monoisotopic (exact) mass is 232 g/mol. The molecule has 1 aromatic carbocycles. The van der Waals surface area contributed by atoms with E-state index in [-0.39, 0.29) is 6.04 Å². The maximum Gasteiger partial charge on any atom is 0.0943 e. The zero-order valence-corrected chi connectivity index (χ0v) is 10.2. The highest BCUT2D eigenvalue weighted by Crippen LogP contribution is 2.12. The first-order valence-electron chi connectivity index (χ1n) is 5.44. The average Bonchev–Trinajstić information content (AvgIpc) is 2.65. The van der Waals surface area contributed by atoms with E-state index in [0.717, 1.165) is 23.5 Å². The van der Waals surface area contributed by atoms with Gasteiger partial charge in [0, 0.05) is 23.5 Å². The Bertz CT molecular complexity index is 436. The second-order valence-electron chi connectivity index (χ2n) is 4.04. The fraction of sp³-hybridized carbons (Fsp3) is 0.308. The number of aryl methyl sites for hydroxylation is 1. The number of thiazole rings is 1. The molecule has 2 rings (SSSR count). The van der Waals surface area contributed by atoms with Crippen molar-refractivity contribution in [3.8, 4) is 0 Å². The smallest absolute Gasteiger partial charge is 0.0943 e. The molecule has 0 saturated heterocycles. The zero-order chi connectivity index (χ0) is 11.4. The van der Waals surface area contributed by atoms with Gasteiger partial charge in [0.05, 0.1) is 5.01 Å². The first kappa shape index (κ1) is 11.3. The van der Waals surface area contributed by atoms with Crippen molar-refractivity contribution < 1.29 is 0 Å². The fourth-order valence-corrected chi connectivity index (χ4v) is 2.58. The van der Waals surface area contributed by atoms with E-state index >= 15 is 0 Å². The van der Waals surface area contributed by atoms with Gasteiger partial charge < -0.3 is 5.73 Å². The van der Waals surface area contributed by atoms with Gasteiger partial charge in [0.1, 0.15) is 0 Å². The van der Waals surface area contributed by atoms with Crippen molar-refractivity contribution in [3.63, 3.8) is 0 Å². The molecule has 3 heteroatoms. The summed E-state index contributed by atoms with van der Waals surface area (Å²) >= 11 is 1.70. The SMILES string of the molecule is Cc1csc(CC(N)Cc2ccccc2)n1. The van der Waals surface area contributed by atoms with Gasteiger partial charge in [0.25, 0.3) is 0 Å². The molecule has 0 fully saturated rings. The van der Waals surface area contributed by atoms with Crippen molar-refractivity contribution in [1.82, 2.24) is 4.98 Å². The molecule has 2 aromatic rings. The van der Waals surface area contributed by atoms with Gasteiger partial charge in [-0.05, 0) is 18.9 Å². The van der Waals surface area contributed by atoms with Crippen LogP contribution in [-0.2, 0) is 12.8 Å². The average molecular weight is 232 g/mol. The third-order valence-corrected chi connectivity index (χ3v) is 3.43. The van der Waals surface area contributed by atoms with E-state index in [4.69, 9.17) is 5.73 Å². The summed E-state index contributed by atoms with van der Waals surface area (Å²) in [6.07, 6.45) is 1.78. The van der Waals surface area contributed by atoms with Crippen LogP contribution in [0, 0.1) is 6.92 Å². The first-order chi connectivity index (χ1) is 7.74. The minimum Gasteiger partial charge on any atom is -0.327 e. The number of nitrogens with zero attached hydrogens (tertiary/aromatic N) is 1. The Kier molecular flexibility index (Phi) is 3.70. The van der Waals surface area contributed by atoms with Gasteiger partial charge in [0.2, 0.25) is 0 Å². The molecule has 0 amide bonds. The number of hydrogen-bond acceptors (Lipinski definition) is 3. The molecule has 0 saturated carbocycles. The molecule has 2 nitrogen and oxygen atoms in total. The quantitative estimate of drug-likeness (QED) is 0.880. The lowest BCUT2D eigenvalue weighted by Gasteiger charge is -2.09. The summed E-state index contributed by atoms with van der Waals surface area (Å²) in [5, 5.41) is 3.21. The van der Waals surface area contributed by atoms with Gasteiger partial charge in [-0.15, -0.1) is 11.3 Å². The summed E-state index contributed by atoms with van der Waals surface area (Å²) in [7, 11) is 0. The second-order valence-corrected chi connectivity index (χ2v) is 4.98. The molecule has 2 N–H and O–H groups in total. The van der Waals surface area contributed by atoms with Gasteiger partial charge in [-0.2, -0.15) is 0 Å². The highest BCUT2D eigenvalue weighted by molar-refractivity contribution is 7.09. The predicted octanol–water partition coefficient (Wildman–Crippen LogP) is 2.56. The van der Waals surface area contributed by atoms with E-state index < -0.39 is 0 Å². The van der Waals surface area contributed by atoms with E-state index in [1.165, 1.54) is 5.56 Å². The summed E-state index contributed by atoms with van der Waals surface area (Å²) in [6.45, 7) is 2.02. The van der Waals surface area contributed by atoms with Crippen molar-refractivity contribution in [2.24, 2.45) is 5.73 Å². The first-order valence-corrected chi connectivity index (χ1v) is 6.32. The molecule has 0 aliphatic carbocycles. The predicted molar refractivity (Wildman–Crippen MR) is 68.7 cm³/mol. The molecule has 16 heavy (non-hydrogen) atoms. The molecule has 1 heterocycles. The Morgan fingerprint density at radius 2 is 2.00 bits per heavy atom. The highest BCUT2D eigenvalue weighted by atomic mass is 32.1. The Morgan fingerprint density at radius 3 is 2.62 bits per heavy atom. The minimum atomic E-state index is 0.160. The number of hydrogen-bond donors (Lipinski definition) is 1. The van der Waals surface area contributed by atoms with Crippen LogP contribution in [0.25, 0.3) is 0 Å². The van der Waals surface area contributed by atoms with E-state index in [9.17, 15) is 0 Å². The van der Waals surface area contributed by atoms with Crippen LogP contribution in [0.3, 0.4) is 0 Å². The topological polar surface area (TPSA) is 38.9 Å². The maximum atomic E-state index is 6.11. The van der Waals surface area contributed by atoms with Gasteiger partial charge in [-0.1, -0.05) is 30.3 Å². The van der Waals surface area contributed by atoms with Crippen molar-refractivity contribution in [2.75, 3.05) is 0 Å². The Labute approximate surface area is 100 Å². The molecule has 1 aromatic heterocycles. The van der Waals surface area contributed by atoms with Crippen LogP contribution in [0.2, 0.25) is 0 Å². The summed E-state index contributed by atoms with van der Waals surface area (Å²) in [4.78, 5) is 4.43. The largest absolute Gasteiger partial charge is 0.327 e. The summed E-state index contributed by atoms with van der Waals surface area (Å²) < 4.78 is 0. The third kappa shape index (κ3) is 3.15. The van der Waals surface area contributed by atoms with Crippen LogP contribution < -0.4 is 5.73 Å². The molecule has 1 atom stereocenters. The molecular weight excluding hydrogens is 216 g/mol. The van der Waals surface area contributed by atoms with Crippen LogP contribution in [0.4, 0.5) is 0 Å². The Hall–Kier alpha value is -1.19. The van der Waals surface area contributed by atoms with Crippen molar-refractivity contribution in [2.45, 2.75) is 25.8 Å². The Morgan fingerprint density at radius 1 is 1.25 bits per heavy atom. The molecule has 1 unspecified atom stereocenters. The normalized spacial score (nSPS) is 12.6. The Balaban J connectivity index is 1.92. The van der Waals surface area contributed by atoms with Crippen LogP contribution in [0.15, 0.2) is 35.7 Å². The van der Waals surface area contributed by atoms with E-state index in [0.29, 0.717) is 0 Å². The molecule has 0 bridgehead atoms. The van der Waals surface area contributed by atoms with E-state index in [1.54, 1.807) is 11.3 Å². The van der Waals surface area contributed by atoms with Crippen LogP contribution in [-0.4, -0.2) is 11.0 Å². The standard InChI is InChI=1S/C13H16N2S/c1-10-9-16-13(15-10)8-12(14)7-11-5-3-2-4-6-11/h2-6,9,12H,7-8,14H2,1H3. The van der Waals surface area contributed by atoms with E-state index in [2.05, 4.69) is 34.6 Å². The van der Waals surface area contributed by atoms with Crippen molar-refractivity contribution in [3.05, 3.63) is 52.0 Å². The lowest BCUT2D eigenvalue weighted by molar-refractivity contribution is 0.661. The fourth-order valence-electron chi connectivity index (χ4n) is 1.71. The lowest BCUT2D eigenvalue weighted by Crippen LogP contribution is -2.25.